The third-order valence-corrected chi connectivity index (χ3v) is 6.27. The van der Waals surface area contributed by atoms with E-state index >= 15 is 0 Å². The van der Waals surface area contributed by atoms with Gasteiger partial charge < -0.3 is 0 Å². The van der Waals surface area contributed by atoms with Crippen molar-refractivity contribution in [3.8, 4) is 0 Å². The first kappa shape index (κ1) is 16.0. The Balaban J connectivity index is 2.54. The molecule has 106 valence electrons. The van der Waals surface area contributed by atoms with E-state index in [1.807, 2.05) is 0 Å². The summed E-state index contributed by atoms with van der Waals surface area (Å²) in [4.78, 5) is 12.1. The van der Waals surface area contributed by atoms with E-state index in [-0.39, 0.29) is 21.7 Å². The van der Waals surface area contributed by atoms with Gasteiger partial charge in [0.15, 0.2) is 0 Å². The zero-order valence-electron chi connectivity index (χ0n) is 11.7. The van der Waals surface area contributed by atoms with E-state index in [1.165, 1.54) is 6.26 Å². The molecular weight excluding hydrogens is 268 g/mol. The second kappa shape index (κ2) is 5.95. The van der Waals surface area contributed by atoms with Crippen molar-refractivity contribution in [1.82, 2.24) is 0 Å². The van der Waals surface area contributed by atoms with Crippen LogP contribution in [0.3, 0.4) is 0 Å². The second-order valence-electron chi connectivity index (χ2n) is 6.18. The zero-order valence-corrected chi connectivity index (χ0v) is 13.4. The Bertz CT molecular complexity index is 393. The van der Waals surface area contributed by atoms with Gasteiger partial charge in [0.1, 0.15) is 15.6 Å². The van der Waals surface area contributed by atoms with Crippen LogP contribution in [0.25, 0.3) is 0 Å². The Morgan fingerprint density at radius 3 is 2.39 bits per heavy atom. The highest BCUT2D eigenvalue weighted by atomic mass is 32.2. The first-order chi connectivity index (χ1) is 8.09. The van der Waals surface area contributed by atoms with Gasteiger partial charge in [-0.25, -0.2) is 8.42 Å². The lowest BCUT2D eigenvalue weighted by Gasteiger charge is -2.27. The third kappa shape index (κ3) is 5.31. The van der Waals surface area contributed by atoms with Gasteiger partial charge in [-0.2, -0.15) is 0 Å². The summed E-state index contributed by atoms with van der Waals surface area (Å²) in [7, 11) is -2.99. The van der Waals surface area contributed by atoms with Gasteiger partial charge in [0.05, 0.1) is 11.0 Å². The molecule has 1 aliphatic rings. The SMILES string of the molecule is CC(C)(C)SCC(=O)C1CCCC(S(C)(=O)=O)C1. The molecular formula is C13H24O3S2. The molecule has 3 nitrogen and oxygen atoms in total. The summed E-state index contributed by atoms with van der Waals surface area (Å²) in [5, 5.41) is -0.306. The van der Waals surface area contributed by atoms with Gasteiger partial charge in [0.25, 0.3) is 0 Å². The molecule has 0 bridgehead atoms. The van der Waals surface area contributed by atoms with Crippen molar-refractivity contribution in [2.24, 2.45) is 5.92 Å². The predicted octanol–water partition coefficient (Wildman–Crippen LogP) is 2.69. The Labute approximate surface area is 115 Å². The molecule has 0 amide bonds. The summed E-state index contributed by atoms with van der Waals surface area (Å²) < 4.78 is 23.2. The van der Waals surface area contributed by atoms with Crippen LogP contribution in [0.4, 0.5) is 0 Å². The number of sulfone groups is 1. The van der Waals surface area contributed by atoms with Crippen LogP contribution < -0.4 is 0 Å². The minimum Gasteiger partial charge on any atom is -0.298 e. The number of carbonyl (C=O) groups is 1. The van der Waals surface area contributed by atoms with Crippen LogP contribution in [0.15, 0.2) is 0 Å². The average Bonchev–Trinajstić information content (AvgIpc) is 2.24. The van der Waals surface area contributed by atoms with Crippen LogP contribution in [0.2, 0.25) is 0 Å². The Morgan fingerprint density at radius 1 is 1.28 bits per heavy atom. The number of thioether (sulfide) groups is 1. The lowest BCUT2D eigenvalue weighted by molar-refractivity contribution is -0.121. The third-order valence-electron chi connectivity index (χ3n) is 3.33. The normalized spacial score (nSPS) is 26.0. The van der Waals surface area contributed by atoms with Crippen LogP contribution in [-0.2, 0) is 14.6 Å². The predicted molar refractivity (Wildman–Crippen MR) is 77.8 cm³/mol. The average molecular weight is 292 g/mol. The number of hydrogen-bond donors (Lipinski definition) is 0. The minimum atomic E-state index is -2.99. The number of ketones is 1. The molecule has 0 spiro atoms. The molecule has 0 radical (unpaired) electrons. The van der Waals surface area contributed by atoms with Gasteiger partial charge in [0, 0.05) is 16.9 Å². The van der Waals surface area contributed by atoms with E-state index in [0.29, 0.717) is 12.2 Å². The van der Waals surface area contributed by atoms with E-state index < -0.39 is 9.84 Å². The van der Waals surface area contributed by atoms with Crippen molar-refractivity contribution in [3.63, 3.8) is 0 Å². The van der Waals surface area contributed by atoms with Crippen LogP contribution in [0.5, 0.6) is 0 Å². The molecule has 2 unspecified atom stereocenters. The first-order valence-electron chi connectivity index (χ1n) is 6.45. The molecule has 1 saturated carbocycles. The number of carbonyl (C=O) groups excluding carboxylic acids is 1. The maximum absolute atomic E-state index is 12.1. The van der Waals surface area contributed by atoms with Crippen molar-refractivity contribution < 1.29 is 13.2 Å². The fourth-order valence-electron chi connectivity index (χ4n) is 2.23. The van der Waals surface area contributed by atoms with Crippen molar-refractivity contribution in [3.05, 3.63) is 0 Å². The minimum absolute atomic E-state index is 0.0478. The summed E-state index contributed by atoms with van der Waals surface area (Å²) >= 11 is 1.65. The van der Waals surface area contributed by atoms with Crippen LogP contribution >= 0.6 is 11.8 Å². The molecule has 18 heavy (non-hydrogen) atoms. The quantitative estimate of drug-likeness (QED) is 0.799. The van der Waals surface area contributed by atoms with Gasteiger partial charge in [-0.1, -0.05) is 27.2 Å². The summed E-state index contributed by atoms with van der Waals surface area (Å²) in [6, 6.07) is 0. The molecule has 0 aromatic heterocycles. The molecule has 0 saturated heterocycles. The largest absolute Gasteiger partial charge is 0.298 e. The van der Waals surface area contributed by atoms with E-state index in [2.05, 4.69) is 20.8 Å². The molecule has 1 rings (SSSR count). The lowest BCUT2D eigenvalue weighted by atomic mass is 9.86. The van der Waals surface area contributed by atoms with E-state index in [0.717, 1.165) is 19.3 Å². The molecule has 0 N–H and O–H groups in total. The summed E-state index contributed by atoms with van der Waals surface area (Å²) in [5.41, 5.74) is 0. The van der Waals surface area contributed by atoms with Gasteiger partial charge in [-0.05, 0) is 19.3 Å². The van der Waals surface area contributed by atoms with Crippen molar-refractivity contribution in [2.75, 3.05) is 12.0 Å². The second-order valence-corrected chi connectivity index (χ2v) is 10.3. The summed E-state index contributed by atoms with van der Waals surface area (Å²) in [6.45, 7) is 6.27. The van der Waals surface area contributed by atoms with E-state index in [1.54, 1.807) is 11.8 Å². The van der Waals surface area contributed by atoms with E-state index in [9.17, 15) is 13.2 Å². The van der Waals surface area contributed by atoms with Gasteiger partial charge in [-0.15, -0.1) is 11.8 Å². The molecule has 0 aromatic rings. The number of hydrogen-bond acceptors (Lipinski definition) is 4. The monoisotopic (exact) mass is 292 g/mol. The molecule has 1 aliphatic carbocycles. The highest BCUT2D eigenvalue weighted by Gasteiger charge is 2.32. The fourth-order valence-corrected chi connectivity index (χ4v) is 4.22. The van der Waals surface area contributed by atoms with Gasteiger partial charge in [0.2, 0.25) is 0 Å². The molecule has 0 heterocycles. The highest BCUT2D eigenvalue weighted by molar-refractivity contribution is 8.01. The van der Waals surface area contributed by atoms with Crippen LogP contribution in [-0.4, -0.2) is 36.2 Å². The lowest BCUT2D eigenvalue weighted by Crippen LogP contribution is -2.32. The Hall–Kier alpha value is -0.0300. The topological polar surface area (TPSA) is 51.2 Å². The Kier molecular flexibility index (Phi) is 5.30. The van der Waals surface area contributed by atoms with Gasteiger partial charge in [-0.3, -0.25) is 4.79 Å². The maximum Gasteiger partial charge on any atom is 0.150 e. The molecule has 0 aliphatic heterocycles. The Morgan fingerprint density at radius 2 is 1.89 bits per heavy atom. The van der Waals surface area contributed by atoms with Crippen molar-refractivity contribution >= 4 is 27.4 Å². The van der Waals surface area contributed by atoms with Crippen molar-refractivity contribution in [2.45, 2.75) is 56.5 Å². The molecule has 2 atom stereocenters. The molecule has 5 heteroatoms. The van der Waals surface area contributed by atoms with Gasteiger partial charge >= 0.3 is 0 Å². The summed E-state index contributed by atoms with van der Waals surface area (Å²) in [5.74, 6) is 0.682. The fraction of sp³-hybridized carbons (Fsp3) is 0.923. The van der Waals surface area contributed by atoms with Crippen molar-refractivity contribution in [1.29, 1.82) is 0 Å². The number of Topliss-reactive ketones (excluding diaryl/α,β-unsaturated/α-hetero) is 1. The maximum atomic E-state index is 12.1. The summed E-state index contributed by atoms with van der Waals surface area (Å²) in [6.07, 6.45) is 4.25. The van der Waals surface area contributed by atoms with Crippen LogP contribution in [0, 0.1) is 5.92 Å². The zero-order chi connectivity index (χ0) is 14.0. The first-order valence-corrected chi connectivity index (χ1v) is 9.39. The molecule has 0 aromatic carbocycles. The van der Waals surface area contributed by atoms with Crippen LogP contribution in [0.1, 0.15) is 46.5 Å². The smallest absolute Gasteiger partial charge is 0.150 e. The standard InChI is InChI=1S/C13H24O3S2/c1-13(2,3)17-9-12(14)10-6-5-7-11(8-10)18(4,15)16/h10-11H,5-9H2,1-4H3. The van der Waals surface area contributed by atoms with E-state index in [4.69, 9.17) is 0 Å². The highest BCUT2D eigenvalue weighted by Crippen LogP contribution is 2.31. The number of rotatable bonds is 4. The molecule has 1 fully saturated rings.